The summed E-state index contributed by atoms with van der Waals surface area (Å²) in [7, 11) is 0. The molecule has 0 radical (unpaired) electrons. The summed E-state index contributed by atoms with van der Waals surface area (Å²) < 4.78 is 0. The van der Waals surface area contributed by atoms with Crippen LogP contribution in [0.5, 0.6) is 0 Å². The molecule has 0 unspecified atom stereocenters. The van der Waals surface area contributed by atoms with Crippen LogP contribution < -0.4 is 5.73 Å². The Morgan fingerprint density at radius 3 is 2.47 bits per heavy atom. The zero-order chi connectivity index (χ0) is 10.7. The average molecular weight is 224 g/mol. The molecule has 1 aromatic carbocycles. The third-order valence-corrected chi connectivity index (χ3v) is 3.51. The second kappa shape index (κ2) is 5.00. The largest absolute Gasteiger partial charge is 0.330 e. The van der Waals surface area contributed by atoms with Crippen LogP contribution in [0.25, 0.3) is 0 Å². The number of hydrogen-bond donors (Lipinski definition) is 1. The van der Waals surface area contributed by atoms with Gasteiger partial charge in [0, 0.05) is 5.02 Å². The molecular weight excluding hydrogens is 206 g/mol. The molecule has 0 atom stereocenters. The fourth-order valence-corrected chi connectivity index (χ4v) is 2.57. The molecule has 0 saturated heterocycles. The number of hydrogen-bond acceptors (Lipinski definition) is 1. The second-order valence-corrected chi connectivity index (χ2v) is 4.72. The summed E-state index contributed by atoms with van der Waals surface area (Å²) >= 11 is 6.26. The Hall–Kier alpha value is -0.530. The van der Waals surface area contributed by atoms with E-state index in [-0.39, 0.29) is 0 Å². The Bertz CT molecular complexity index is 347. The molecular formula is C13H18ClN. The van der Waals surface area contributed by atoms with Crippen molar-refractivity contribution in [2.24, 2.45) is 5.73 Å². The van der Waals surface area contributed by atoms with Crippen LogP contribution in [0.15, 0.2) is 12.1 Å². The lowest BCUT2D eigenvalue weighted by Crippen LogP contribution is -2.05. The van der Waals surface area contributed by atoms with E-state index in [1.165, 1.54) is 42.4 Å². The Morgan fingerprint density at radius 1 is 1.13 bits per heavy atom. The highest BCUT2D eigenvalue weighted by molar-refractivity contribution is 6.31. The van der Waals surface area contributed by atoms with Crippen LogP contribution in [-0.2, 0) is 19.3 Å². The number of nitrogens with two attached hydrogens (primary N) is 1. The molecule has 1 aromatic rings. The first kappa shape index (κ1) is 11.0. The lowest BCUT2D eigenvalue weighted by Gasteiger charge is -2.17. The molecule has 1 aliphatic carbocycles. The normalized spacial score (nSPS) is 15.1. The van der Waals surface area contributed by atoms with E-state index in [0.717, 1.165) is 24.4 Å². The quantitative estimate of drug-likeness (QED) is 0.838. The topological polar surface area (TPSA) is 26.0 Å². The Kier molecular flexibility index (Phi) is 3.66. The summed E-state index contributed by atoms with van der Waals surface area (Å²) in [6.07, 6.45) is 7.10. The predicted octanol–water partition coefficient (Wildman–Crippen LogP) is 3.11. The summed E-state index contributed by atoms with van der Waals surface area (Å²) in [5.41, 5.74) is 9.77. The van der Waals surface area contributed by atoms with Crippen molar-refractivity contribution in [1.82, 2.24) is 0 Å². The lowest BCUT2D eigenvalue weighted by atomic mass is 9.89. The molecule has 1 aliphatic rings. The van der Waals surface area contributed by atoms with Gasteiger partial charge in [0.1, 0.15) is 0 Å². The van der Waals surface area contributed by atoms with E-state index in [1.807, 2.05) is 0 Å². The second-order valence-electron chi connectivity index (χ2n) is 4.31. The Balaban J connectivity index is 2.24. The maximum atomic E-state index is 6.26. The average Bonchev–Trinajstić information content (AvgIpc) is 2.26. The van der Waals surface area contributed by atoms with Crippen LogP contribution in [0.4, 0.5) is 0 Å². The van der Waals surface area contributed by atoms with Gasteiger partial charge in [-0.3, -0.25) is 0 Å². The Morgan fingerprint density at radius 2 is 1.80 bits per heavy atom. The van der Waals surface area contributed by atoms with Crippen molar-refractivity contribution >= 4 is 11.6 Å². The van der Waals surface area contributed by atoms with Crippen molar-refractivity contribution in [2.75, 3.05) is 6.54 Å². The van der Waals surface area contributed by atoms with Crippen molar-refractivity contribution in [2.45, 2.75) is 38.5 Å². The zero-order valence-corrected chi connectivity index (χ0v) is 9.82. The molecule has 1 nitrogen and oxygen atoms in total. The zero-order valence-electron chi connectivity index (χ0n) is 9.06. The van der Waals surface area contributed by atoms with Gasteiger partial charge in [-0.05, 0) is 67.8 Å². The van der Waals surface area contributed by atoms with Gasteiger partial charge in [-0.1, -0.05) is 17.7 Å². The van der Waals surface area contributed by atoms with Crippen LogP contribution in [0.3, 0.4) is 0 Å². The highest BCUT2D eigenvalue weighted by Gasteiger charge is 2.12. The molecule has 0 heterocycles. The van der Waals surface area contributed by atoms with Gasteiger partial charge in [-0.2, -0.15) is 0 Å². The smallest absolute Gasteiger partial charge is 0.0440 e. The van der Waals surface area contributed by atoms with Gasteiger partial charge < -0.3 is 5.73 Å². The molecule has 82 valence electrons. The first-order chi connectivity index (χ1) is 7.31. The summed E-state index contributed by atoms with van der Waals surface area (Å²) in [5.74, 6) is 0. The lowest BCUT2D eigenvalue weighted by molar-refractivity contribution is 0.683. The van der Waals surface area contributed by atoms with Crippen LogP contribution in [0, 0.1) is 0 Å². The van der Waals surface area contributed by atoms with Gasteiger partial charge in [0.15, 0.2) is 0 Å². The number of aryl methyl sites for hydroxylation is 3. The number of rotatable bonds is 3. The molecule has 0 bridgehead atoms. The molecule has 2 N–H and O–H groups in total. The van der Waals surface area contributed by atoms with Gasteiger partial charge in [-0.15, -0.1) is 0 Å². The summed E-state index contributed by atoms with van der Waals surface area (Å²) in [4.78, 5) is 0. The maximum Gasteiger partial charge on any atom is 0.0440 e. The molecule has 0 aliphatic heterocycles. The predicted molar refractivity (Wildman–Crippen MR) is 65.5 cm³/mol. The number of halogens is 1. The SMILES string of the molecule is NCCCc1cc2c(cc1Cl)CCCC2. The van der Waals surface area contributed by atoms with Crippen LogP contribution in [0.1, 0.15) is 36.0 Å². The van der Waals surface area contributed by atoms with Gasteiger partial charge in [0.05, 0.1) is 0 Å². The van der Waals surface area contributed by atoms with Gasteiger partial charge in [-0.25, -0.2) is 0 Å². The fourth-order valence-electron chi connectivity index (χ4n) is 2.29. The van der Waals surface area contributed by atoms with Crippen LogP contribution >= 0.6 is 11.6 Å². The monoisotopic (exact) mass is 223 g/mol. The van der Waals surface area contributed by atoms with Crippen LogP contribution in [0.2, 0.25) is 5.02 Å². The van der Waals surface area contributed by atoms with Crippen molar-refractivity contribution in [1.29, 1.82) is 0 Å². The minimum absolute atomic E-state index is 0.743. The molecule has 15 heavy (non-hydrogen) atoms. The van der Waals surface area contributed by atoms with Crippen molar-refractivity contribution in [3.05, 3.63) is 33.8 Å². The fraction of sp³-hybridized carbons (Fsp3) is 0.538. The summed E-state index contributed by atoms with van der Waals surface area (Å²) in [6, 6.07) is 4.47. The number of fused-ring (bicyclic) bond motifs is 1. The van der Waals surface area contributed by atoms with Gasteiger partial charge in [0.2, 0.25) is 0 Å². The summed E-state index contributed by atoms with van der Waals surface area (Å²) in [5, 5.41) is 0.934. The third-order valence-electron chi connectivity index (χ3n) is 3.16. The van der Waals surface area contributed by atoms with E-state index in [2.05, 4.69) is 12.1 Å². The van der Waals surface area contributed by atoms with Crippen LogP contribution in [-0.4, -0.2) is 6.54 Å². The molecule has 0 aromatic heterocycles. The molecule has 0 fully saturated rings. The first-order valence-electron chi connectivity index (χ1n) is 5.81. The van der Waals surface area contributed by atoms with Crippen molar-refractivity contribution in [3.63, 3.8) is 0 Å². The summed E-state index contributed by atoms with van der Waals surface area (Å²) in [6.45, 7) is 0.743. The first-order valence-corrected chi connectivity index (χ1v) is 6.19. The molecule has 2 rings (SSSR count). The van der Waals surface area contributed by atoms with E-state index in [0.29, 0.717) is 0 Å². The highest BCUT2D eigenvalue weighted by atomic mass is 35.5. The van der Waals surface area contributed by atoms with Crippen molar-refractivity contribution in [3.8, 4) is 0 Å². The molecule has 2 heteroatoms. The highest BCUT2D eigenvalue weighted by Crippen LogP contribution is 2.28. The van der Waals surface area contributed by atoms with E-state index in [1.54, 1.807) is 0 Å². The maximum absolute atomic E-state index is 6.26. The minimum atomic E-state index is 0.743. The molecule has 0 saturated carbocycles. The van der Waals surface area contributed by atoms with Crippen molar-refractivity contribution < 1.29 is 0 Å². The van der Waals surface area contributed by atoms with Gasteiger partial charge in [0.25, 0.3) is 0 Å². The number of benzene rings is 1. The Labute approximate surface area is 96.6 Å². The molecule has 0 amide bonds. The van der Waals surface area contributed by atoms with E-state index >= 15 is 0 Å². The standard InChI is InChI=1S/C13H18ClN/c14-13-9-11-5-2-1-4-10(11)8-12(13)6-3-7-15/h8-9H,1-7,15H2. The molecule has 0 spiro atoms. The minimum Gasteiger partial charge on any atom is -0.330 e. The van der Waals surface area contributed by atoms with E-state index in [4.69, 9.17) is 17.3 Å². The third kappa shape index (κ3) is 2.53. The van der Waals surface area contributed by atoms with E-state index in [9.17, 15) is 0 Å². The van der Waals surface area contributed by atoms with E-state index < -0.39 is 0 Å². The van der Waals surface area contributed by atoms with Gasteiger partial charge >= 0.3 is 0 Å².